The average Bonchev–Trinajstić information content (AvgIpc) is 3.67. The topological polar surface area (TPSA) is 169 Å². The molecule has 0 saturated carbocycles. The van der Waals surface area contributed by atoms with Gasteiger partial charge < -0.3 is 15.9 Å². The zero-order chi connectivity index (χ0) is 33.4. The van der Waals surface area contributed by atoms with Gasteiger partial charge in [-0.15, -0.1) is 0 Å². The second-order valence-corrected chi connectivity index (χ2v) is 11.3. The summed E-state index contributed by atoms with van der Waals surface area (Å²) in [6, 6.07) is 3.44. The fraction of sp³-hybridized carbons (Fsp3) is 0.357. The summed E-state index contributed by atoms with van der Waals surface area (Å²) in [5, 5.41) is 22.8. The number of nitriles is 2. The van der Waals surface area contributed by atoms with Crippen LogP contribution >= 0.6 is 58.0 Å². The van der Waals surface area contributed by atoms with E-state index in [0.717, 1.165) is 13.2 Å². The summed E-state index contributed by atoms with van der Waals surface area (Å²) in [5.41, 5.74) is 10.2. The number of halogens is 5. The number of aromatic nitrogens is 4. The molecule has 0 amide bonds. The molecule has 16 heteroatoms. The number of hydrogen-bond donors (Lipinski definition) is 3. The zero-order valence-corrected chi connectivity index (χ0v) is 28.2. The highest BCUT2D eigenvalue weighted by Crippen LogP contribution is 2.37. The average molecular weight is 701 g/mol. The molecule has 4 rings (SSSR count). The van der Waals surface area contributed by atoms with Gasteiger partial charge in [0.25, 0.3) is 5.69 Å². The minimum Gasteiger partial charge on any atom is -0.392 e. The largest absolute Gasteiger partial charge is 0.392 e. The van der Waals surface area contributed by atoms with Crippen molar-refractivity contribution in [2.75, 3.05) is 24.4 Å². The fourth-order valence-corrected chi connectivity index (χ4v) is 4.28. The summed E-state index contributed by atoms with van der Waals surface area (Å²) in [6.07, 6.45) is 8.39. The lowest BCUT2D eigenvalue weighted by Crippen LogP contribution is -2.07. The molecule has 44 heavy (non-hydrogen) atoms. The van der Waals surface area contributed by atoms with Crippen LogP contribution in [0.25, 0.3) is 10.5 Å². The fourth-order valence-electron chi connectivity index (χ4n) is 3.20. The number of hydrazine groups is 1. The number of pyridine rings is 2. The minimum atomic E-state index is 0.0108. The van der Waals surface area contributed by atoms with Crippen molar-refractivity contribution < 1.29 is 4.74 Å². The highest BCUT2D eigenvalue weighted by molar-refractivity contribution is 6.39. The number of rotatable bonds is 4. The maximum absolute atomic E-state index is 8.33. The van der Waals surface area contributed by atoms with Crippen LogP contribution in [0.4, 0.5) is 17.2 Å². The molecule has 1 aliphatic heterocycles. The lowest BCUT2D eigenvalue weighted by Gasteiger charge is -2.08. The third kappa shape index (κ3) is 11.3. The van der Waals surface area contributed by atoms with E-state index in [9.17, 15) is 0 Å². The van der Waals surface area contributed by atoms with Crippen molar-refractivity contribution in [2.45, 2.75) is 46.5 Å². The van der Waals surface area contributed by atoms with Gasteiger partial charge in [0.2, 0.25) is 0 Å². The van der Waals surface area contributed by atoms with Gasteiger partial charge in [-0.2, -0.15) is 15.6 Å². The van der Waals surface area contributed by atoms with E-state index >= 15 is 0 Å². The van der Waals surface area contributed by atoms with Crippen molar-refractivity contribution in [1.29, 1.82) is 10.5 Å². The highest BCUT2D eigenvalue weighted by atomic mass is 35.5. The van der Waals surface area contributed by atoms with Crippen LogP contribution in [0.3, 0.4) is 0 Å². The first-order valence-corrected chi connectivity index (χ1v) is 14.8. The number of nitrogens with one attached hydrogen (secondary N) is 1. The van der Waals surface area contributed by atoms with E-state index < -0.39 is 0 Å². The quantitative estimate of drug-likeness (QED) is 0.105. The summed E-state index contributed by atoms with van der Waals surface area (Å²) in [5.74, 6) is 5.46. The van der Waals surface area contributed by atoms with Crippen LogP contribution in [-0.2, 0) is 4.74 Å². The lowest BCUT2D eigenvalue weighted by molar-refractivity contribution is 0.198. The monoisotopic (exact) mass is 698 g/mol. The molecule has 0 radical (unpaired) electrons. The maximum atomic E-state index is 8.33. The lowest BCUT2D eigenvalue weighted by atomic mass is 10.1. The number of allylic oxidation sites excluding steroid dienone is 2. The van der Waals surface area contributed by atoms with E-state index in [0.29, 0.717) is 47.9 Å². The van der Waals surface area contributed by atoms with Crippen LogP contribution in [0, 0.1) is 35.2 Å². The Balaban J connectivity index is 0.000000327. The molecule has 0 atom stereocenters. The Labute approximate surface area is 282 Å². The van der Waals surface area contributed by atoms with Crippen LogP contribution in [0.15, 0.2) is 35.4 Å². The maximum Gasteiger partial charge on any atom is 0.250 e. The molecule has 3 aromatic heterocycles. The minimum absolute atomic E-state index is 0.0108. The third-order valence-electron chi connectivity index (χ3n) is 5.41. The Kier molecular flexibility index (Phi) is 17.5. The second kappa shape index (κ2) is 19.9. The molecule has 11 nitrogen and oxygen atoms in total. The Morgan fingerprint density at radius 2 is 1.45 bits per heavy atom. The van der Waals surface area contributed by atoms with Gasteiger partial charge in [-0.3, -0.25) is 15.8 Å². The van der Waals surface area contributed by atoms with Gasteiger partial charge in [-0.05, 0) is 24.7 Å². The van der Waals surface area contributed by atoms with E-state index in [4.69, 9.17) is 91.4 Å². The van der Waals surface area contributed by atoms with Gasteiger partial charge in [0, 0.05) is 43.0 Å². The predicted molar refractivity (Wildman–Crippen MR) is 177 cm³/mol. The summed E-state index contributed by atoms with van der Waals surface area (Å²) in [7, 11) is 0. The third-order valence-corrected chi connectivity index (χ3v) is 7.17. The highest BCUT2D eigenvalue weighted by Gasteiger charge is 2.21. The van der Waals surface area contributed by atoms with Gasteiger partial charge in [-0.25, -0.2) is 9.53 Å². The molecule has 0 aromatic carbocycles. The van der Waals surface area contributed by atoms with E-state index in [-0.39, 0.29) is 23.2 Å². The summed E-state index contributed by atoms with van der Waals surface area (Å²) in [6.45, 7) is 16.8. The zero-order valence-electron chi connectivity index (χ0n) is 24.4. The summed E-state index contributed by atoms with van der Waals surface area (Å²) < 4.78 is 6.34. The van der Waals surface area contributed by atoms with Gasteiger partial charge in [0.1, 0.15) is 29.2 Å². The van der Waals surface area contributed by atoms with E-state index in [1.807, 2.05) is 27.7 Å². The summed E-state index contributed by atoms with van der Waals surface area (Å²) in [4.78, 5) is 11.0. The molecule has 0 aliphatic carbocycles. The van der Waals surface area contributed by atoms with Gasteiger partial charge in [-0.1, -0.05) is 85.7 Å². The Bertz CT molecular complexity index is 1480. The van der Waals surface area contributed by atoms with Gasteiger partial charge >= 0.3 is 0 Å². The van der Waals surface area contributed by atoms with Crippen molar-refractivity contribution in [3.8, 4) is 17.8 Å². The van der Waals surface area contributed by atoms with Crippen LogP contribution in [0.1, 0.15) is 52.1 Å². The van der Waals surface area contributed by atoms with Crippen LogP contribution < -0.4 is 17.0 Å². The number of nitrogen functional groups attached to an aromatic ring is 2. The van der Waals surface area contributed by atoms with Gasteiger partial charge in [0.05, 0.1) is 38.0 Å². The molecule has 234 valence electrons. The molecule has 0 unspecified atom stereocenters. The molecule has 1 saturated heterocycles. The van der Waals surface area contributed by atoms with E-state index in [1.54, 1.807) is 12.1 Å². The van der Waals surface area contributed by atoms with Crippen molar-refractivity contribution in [1.82, 2.24) is 19.7 Å². The number of hydrogen-bond acceptors (Lipinski definition) is 9. The normalized spacial score (nSPS) is 11.4. The molecule has 1 fully saturated rings. The second-order valence-electron chi connectivity index (χ2n) is 9.29. The molecule has 0 bridgehead atoms. The molecule has 5 N–H and O–H groups in total. The van der Waals surface area contributed by atoms with Crippen LogP contribution in [0.2, 0.25) is 20.1 Å². The van der Waals surface area contributed by atoms with Crippen molar-refractivity contribution in [3.05, 3.63) is 72.6 Å². The number of nitrogens with two attached hydrogens (primary N) is 2. The van der Waals surface area contributed by atoms with Crippen LogP contribution in [0.5, 0.6) is 0 Å². The number of nitrogens with zero attached hydrogens (tertiary/aromatic N) is 7. The molecule has 3 aromatic rings. The Morgan fingerprint density at radius 3 is 1.73 bits per heavy atom. The molecule has 1 aliphatic rings. The SMILES string of the molecule is C1CCOC1.CC(C)C(Cl)=C(C#N)C#N.NNc1c(Cl)cncc1Cl.[C-]#[N+]c1c(C(C)C)nn(-c2c(Cl)cncc2Cl)c1N. The smallest absolute Gasteiger partial charge is 0.250 e. The molecular formula is C28H31Cl5N10O. The molecular weight excluding hydrogens is 670 g/mol. The molecule has 4 heterocycles. The standard InChI is InChI=1S/C12H11Cl2N5.C7H7ClN2.C5H5Cl2N3.C4H8O/c1-6(2)9-10(16-3)12(15)19(18-9)11-7(13)4-17-5-8(11)14;1-5(2)7(8)6(3-9)4-10;6-3-1-9-2-4(7)5(3)10-8;1-2-4-5-3-1/h4-6H,15H2,1-2H3;5H,1-2H3;1-2H,8H2,(H,9,10);1-4H2. The first-order valence-electron chi connectivity index (χ1n) is 12.9. The Morgan fingerprint density at radius 1 is 0.977 bits per heavy atom. The van der Waals surface area contributed by atoms with Crippen molar-refractivity contribution in [2.24, 2.45) is 11.8 Å². The van der Waals surface area contributed by atoms with E-state index in [1.165, 1.54) is 42.3 Å². The first kappa shape index (κ1) is 38.7. The van der Waals surface area contributed by atoms with Crippen molar-refractivity contribution in [3.63, 3.8) is 0 Å². The van der Waals surface area contributed by atoms with Crippen LogP contribution in [-0.4, -0.2) is 33.0 Å². The van der Waals surface area contributed by atoms with Gasteiger partial charge in [0.15, 0.2) is 0 Å². The van der Waals surface area contributed by atoms with E-state index in [2.05, 4.69) is 25.3 Å². The first-order chi connectivity index (χ1) is 20.9. The molecule has 0 spiro atoms. The number of anilines is 2. The summed E-state index contributed by atoms with van der Waals surface area (Å²) >= 11 is 29.1. The Hall–Kier alpha value is -3.31. The number of ether oxygens (including phenoxy) is 1. The predicted octanol–water partition coefficient (Wildman–Crippen LogP) is 8.48. The van der Waals surface area contributed by atoms with Crippen molar-refractivity contribution >= 4 is 75.2 Å².